The summed E-state index contributed by atoms with van der Waals surface area (Å²) in [6, 6.07) is 4.36. The third-order valence-electron chi connectivity index (χ3n) is 5.52. The summed E-state index contributed by atoms with van der Waals surface area (Å²) in [6.45, 7) is 0.872. The fourth-order valence-corrected chi connectivity index (χ4v) is 4.08. The molecule has 1 aliphatic carbocycles. The fraction of sp³-hybridized carbons (Fsp3) is 0.571. The van der Waals surface area contributed by atoms with Gasteiger partial charge in [0.2, 0.25) is 5.91 Å². The predicted octanol–water partition coefficient (Wildman–Crippen LogP) is 2.44. The maximum absolute atomic E-state index is 13.0. The maximum atomic E-state index is 13.0. The molecule has 1 aromatic rings. The quantitative estimate of drug-likeness (QED) is 0.669. The van der Waals surface area contributed by atoms with Crippen LogP contribution in [0.3, 0.4) is 0 Å². The first-order valence-corrected chi connectivity index (χ1v) is 10.0. The van der Waals surface area contributed by atoms with Crippen LogP contribution in [0.1, 0.15) is 49.9 Å². The molecule has 0 spiro atoms. The molecule has 2 N–H and O–H groups in total. The zero-order valence-electron chi connectivity index (χ0n) is 17.0. The number of fused-ring (bicyclic) bond motifs is 1. The summed E-state index contributed by atoms with van der Waals surface area (Å²) in [6.07, 6.45) is 2.06. The number of ketones is 1. The van der Waals surface area contributed by atoms with Crippen molar-refractivity contribution >= 4 is 17.6 Å². The van der Waals surface area contributed by atoms with Crippen molar-refractivity contribution in [2.24, 2.45) is 5.92 Å². The van der Waals surface area contributed by atoms with E-state index in [0.717, 1.165) is 6.42 Å². The number of rotatable bonds is 8. The van der Waals surface area contributed by atoms with Crippen LogP contribution in [-0.4, -0.2) is 48.5 Å². The first-order chi connectivity index (χ1) is 14.2. The van der Waals surface area contributed by atoms with E-state index in [0.29, 0.717) is 19.3 Å². The van der Waals surface area contributed by atoms with Crippen molar-refractivity contribution in [3.8, 4) is 5.75 Å². The van der Waals surface area contributed by atoms with Crippen molar-refractivity contribution in [2.45, 2.75) is 63.8 Å². The van der Waals surface area contributed by atoms with Crippen molar-refractivity contribution in [2.75, 3.05) is 6.61 Å². The van der Waals surface area contributed by atoms with E-state index in [9.17, 15) is 23.2 Å². The average molecular weight is 424 g/mol. The van der Waals surface area contributed by atoms with E-state index in [-0.39, 0.29) is 35.7 Å². The van der Waals surface area contributed by atoms with Gasteiger partial charge in [-0.05, 0) is 55.9 Å². The molecule has 2 amide bonds. The zero-order valence-corrected chi connectivity index (χ0v) is 17.0. The minimum Gasteiger partial charge on any atom is -0.435 e. The Bertz CT molecular complexity index is 799. The monoisotopic (exact) mass is 424 g/mol. The van der Waals surface area contributed by atoms with Crippen LogP contribution in [0.2, 0.25) is 0 Å². The Balaban J connectivity index is 1.70. The van der Waals surface area contributed by atoms with Crippen molar-refractivity contribution in [3.63, 3.8) is 0 Å². The second-order valence-electron chi connectivity index (χ2n) is 8.13. The van der Waals surface area contributed by atoms with Gasteiger partial charge in [0.1, 0.15) is 23.9 Å². The summed E-state index contributed by atoms with van der Waals surface area (Å²) in [5.74, 6) is -1.05. The molecule has 1 saturated heterocycles. The number of hydrogen-bond donors (Lipinski definition) is 2. The Morgan fingerprint density at radius 3 is 2.60 bits per heavy atom. The third-order valence-corrected chi connectivity index (χ3v) is 5.52. The van der Waals surface area contributed by atoms with Gasteiger partial charge in [-0.15, -0.1) is 0 Å². The Morgan fingerprint density at radius 2 is 1.97 bits per heavy atom. The average Bonchev–Trinajstić information content (AvgIpc) is 3.20. The van der Waals surface area contributed by atoms with Crippen LogP contribution < -0.4 is 15.4 Å². The topological polar surface area (TPSA) is 93.7 Å². The maximum Gasteiger partial charge on any atom is 0.387 e. The van der Waals surface area contributed by atoms with E-state index in [1.54, 1.807) is 0 Å². The van der Waals surface area contributed by atoms with Gasteiger partial charge < -0.3 is 20.1 Å². The highest BCUT2D eigenvalue weighted by molar-refractivity contribution is 6.00. The van der Waals surface area contributed by atoms with Gasteiger partial charge in [0.05, 0.1) is 6.10 Å². The van der Waals surface area contributed by atoms with E-state index >= 15 is 0 Å². The summed E-state index contributed by atoms with van der Waals surface area (Å²) in [7, 11) is 0. The van der Waals surface area contributed by atoms with Gasteiger partial charge in [-0.25, -0.2) is 0 Å². The van der Waals surface area contributed by atoms with E-state index in [1.807, 2.05) is 13.8 Å². The van der Waals surface area contributed by atoms with E-state index in [4.69, 9.17) is 4.74 Å². The molecule has 0 bridgehead atoms. The Kier molecular flexibility index (Phi) is 6.70. The highest BCUT2D eigenvalue weighted by atomic mass is 19.3. The van der Waals surface area contributed by atoms with Crippen LogP contribution in [0.15, 0.2) is 24.3 Å². The highest BCUT2D eigenvalue weighted by Gasteiger charge is 2.55. The number of hydrogen-bond acceptors (Lipinski definition) is 5. The Morgan fingerprint density at radius 1 is 1.27 bits per heavy atom. The van der Waals surface area contributed by atoms with Crippen LogP contribution in [0, 0.1) is 5.92 Å². The Labute approximate surface area is 173 Å². The predicted molar refractivity (Wildman–Crippen MR) is 103 cm³/mol. The second-order valence-corrected chi connectivity index (χ2v) is 8.13. The fourth-order valence-electron chi connectivity index (χ4n) is 4.08. The zero-order chi connectivity index (χ0) is 21.9. The molecule has 0 radical (unpaired) electrons. The van der Waals surface area contributed by atoms with Crippen molar-refractivity contribution < 1.29 is 32.6 Å². The highest BCUT2D eigenvalue weighted by Crippen LogP contribution is 2.37. The molecule has 1 aliphatic heterocycles. The number of carbonyl (C=O) groups excluding carboxylic acids is 3. The third kappa shape index (κ3) is 4.77. The molecule has 3 atom stereocenters. The summed E-state index contributed by atoms with van der Waals surface area (Å²) in [5, 5.41) is 5.56. The molecule has 2 fully saturated rings. The van der Waals surface area contributed by atoms with Gasteiger partial charge in [0.25, 0.3) is 5.91 Å². The largest absolute Gasteiger partial charge is 0.435 e. The molecule has 164 valence electrons. The SMILES string of the molecule is CC(C)CC(NC(=O)c1ccc(OC(F)F)cc1)C(=O)NC12CCCC1OCC2=O. The van der Waals surface area contributed by atoms with Gasteiger partial charge in [-0.2, -0.15) is 8.78 Å². The number of ether oxygens (including phenoxy) is 2. The number of halogens is 2. The van der Waals surface area contributed by atoms with Gasteiger partial charge in [-0.3, -0.25) is 14.4 Å². The number of benzene rings is 1. The standard InChI is InChI=1S/C21H26F2N2O5/c1-12(2)10-15(19(28)25-21-9-3-4-17(21)29-11-16(21)26)24-18(27)13-5-7-14(8-6-13)30-20(22)23/h5-8,12,15,17,20H,3-4,9-11H2,1-2H3,(H,24,27)(H,25,28). The first-order valence-electron chi connectivity index (χ1n) is 10.0. The molecule has 1 saturated carbocycles. The minimum atomic E-state index is -2.95. The second kappa shape index (κ2) is 9.07. The van der Waals surface area contributed by atoms with Gasteiger partial charge in [0.15, 0.2) is 5.78 Å². The van der Waals surface area contributed by atoms with Gasteiger partial charge >= 0.3 is 6.61 Å². The molecule has 3 rings (SSSR count). The molecule has 0 aromatic heterocycles. The van der Waals surface area contributed by atoms with Crippen LogP contribution in [-0.2, 0) is 14.3 Å². The summed E-state index contributed by atoms with van der Waals surface area (Å²) >= 11 is 0. The molecule has 9 heteroatoms. The molecular formula is C21H26F2N2O5. The van der Waals surface area contributed by atoms with Crippen molar-refractivity contribution in [1.82, 2.24) is 10.6 Å². The number of alkyl halides is 2. The van der Waals surface area contributed by atoms with Crippen LogP contribution in [0.4, 0.5) is 8.78 Å². The van der Waals surface area contributed by atoms with E-state index < -0.39 is 30.0 Å². The summed E-state index contributed by atoms with van der Waals surface area (Å²) in [4.78, 5) is 38.1. The molecule has 3 unspecified atom stereocenters. The number of Topliss-reactive ketones (excluding diaryl/α,β-unsaturated/α-hetero) is 1. The molecule has 1 heterocycles. The minimum absolute atomic E-state index is 0.0147. The molecule has 30 heavy (non-hydrogen) atoms. The summed E-state index contributed by atoms with van der Waals surface area (Å²) < 4.78 is 34.3. The van der Waals surface area contributed by atoms with Crippen LogP contribution >= 0.6 is 0 Å². The lowest BCUT2D eigenvalue weighted by Crippen LogP contribution is -2.60. The smallest absolute Gasteiger partial charge is 0.387 e. The lowest BCUT2D eigenvalue weighted by atomic mass is 9.91. The van der Waals surface area contributed by atoms with Crippen molar-refractivity contribution in [1.29, 1.82) is 0 Å². The number of nitrogens with one attached hydrogen (secondary N) is 2. The lowest BCUT2D eigenvalue weighted by Gasteiger charge is -2.30. The molecule has 7 nitrogen and oxygen atoms in total. The van der Waals surface area contributed by atoms with Crippen molar-refractivity contribution in [3.05, 3.63) is 29.8 Å². The molecular weight excluding hydrogens is 398 g/mol. The molecule has 1 aromatic carbocycles. The molecule has 2 aliphatic rings. The van der Waals surface area contributed by atoms with Gasteiger partial charge in [0, 0.05) is 5.56 Å². The van der Waals surface area contributed by atoms with E-state index in [2.05, 4.69) is 15.4 Å². The first kappa shape index (κ1) is 22.1. The lowest BCUT2D eigenvalue weighted by molar-refractivity contribution is -0.131. The summed E-state index contributed by atoms with van der Waals surface area (Å²) in [5.41, 5.74) is -0.805. The van der Waals surface area contributed by atoms with Crippen LogP contribution in [0.25, 0.3) is 0 Å². The number of amides is 2. The van der Waals surface area contributed by atoms with Gasteiger partial charge in [-0.1, -0.05) is 13.8 Å². The normalized spacial score (nSPS) is 24.1. The Hall–Kier alpha value is -2.55. The number of carbonyl (C=O) groups is 3. The van der Waals surface area contributed by atoms with Crippen LogP contribution in [0.5, 0.6) is 5.75 Å². The van der Waals surface area contributed by atoms with E-state index in [1.165, 1.54) is 24.3 Å².